The number of hydrogen-bond donors (Lipinski definition) is 1. The van der Waals surface area contributed by atoms with Crippen molar-refractivity contribution in [1.29, 1.82) is 0 Å². The van der Waals surface area contributed by atoms with Crippen molar-refractivity contribution in [1.82, 2.24) is 10.2 Å². The van der Waals surface area contributed by atoms with Gasteiger partial charge in [0.25, 0.3) is 11.6 Å². The Morgan fingerprint density at radius 1 is 1.38 bits per heavy atom. The first-order valence-corrected chi connectivity index (χ1v) is 8.69. The monoisotopic (exact) mass is 353 g/mol. The number of likely N-dealkylation sites (tertiary alicyclic amines) is 1. The quantitative estimate of drug-likeness (QED) is 0.483. The fraction of sp³-hybridized carbons (Fsp3) is 0.588. The fourth-order valence-electron chi connectivity index (χ4n) is 3.38. The number of rotatable bonds is 6. The van der Waals surface area contributed by atoms with Gasteiger partial charge in [-0.3, -0.25) is 14.9 Å². The molecule has 1 aliphatic rings. The van der Waals surface area contributed by atoms with Crippen molar-refractivity contribution in [2.24, 2.45) is 11.8 Å². The Morgan fingerprint density at radius 2 is 2.04 bits per heavy atom. The summed E-state index contributed by atoms with van der Waals surface area (Å²) in [7, 11) is 0. The number of nitrogens with one attached hydrogen (secondary N) is 1. The second-order valence-electron chi connectivity index (χ2n) is 6.74. The lowest BCUT2D eigenvalue weighted by Gasteiger charge is -2.34. The highest BCUT2D eigenvalue weighted by Gasteiger charge is 2.21. The van der Waals surface area contributed by atoms with Gasteiger partial charge in [-0.05, 0) is 37.3 Å². The first-order valence-electron chi connectivity index (χ1n) is 8.31. The van der Waals surface area contributed by atoms with Crippen molar-refractivity contribution in [3.63, 3.8) is 0 Å². The van der Waals surface area contributed by atoms with Crippen LogP contribution in [0.5, 0.6) is 0 Å². The first kappa shape index (κ1) is 18.7. The number of carbonyl (C=O) groups excluding carboxylic acids is 1. The van der Waals surface area contributed by atoms with Crippen molar-refractivity contribution < 1.29 is 9.72 Å². The summed E-state index contributed by atoms with van der Waals surface area (Å²) in [6.07, 6.45) is 2.12. The zero-order valence-electron chi connectivity index (χ0n) is 14.1. The predicted octanol–water partition coefficient (Wildman–Crippen LogP) is 3.35. The van der Waals surface area contributed by atoms with E-state index < -0.39 is 4.92 Å². The molecule has 1 aromatic rings. The van der Waals surface area contributed by atoms with E-state index >= 15 is 0 Å². The van der Waals surface area contributed by atoms with Crippen LogP contribution in [0.4, 0.5) is 5.69 Å². The van der Waals surface area contributed by atoms with Gasteiger partial charge in [-0.25, -0.2) is 0 Å². The average Bonchev–Trinajstić information content (AvgIpc) is 2.50. The third-order valence-corrected chi connectivity index (χ3v) is 4.62. The maximum atomic E-state index is 12.2. The van der Waals surface area contributed by atoms with Gasteiger partial charge in [-0.2, -0.15) is 0 Å². The zero-order chi connectivity index (χ0) is 17.7. The summed E-state index contributed by atoms with van der Waals surface area (Å²) >= 11 is 5.97. The van der Waals surface area contributed by atoms with E-state index in [2.05, 4.69) is 24.1 Å². The Morgan fingerprint density at radius 3 is 2.67 bits per heavy atom. The smallest absolute Gasteiger partial charge is 0.270 e. The van der Waals surface area contributed by atoms with Gasteiger partial charge < -0.3 is 10.2 Å². The van der Waals surface area contributed by atoms with E-state index in [0.29, 0.717) is 18.4 Å². The minimum atomic E-state index is -0.536. The molecular formula is C17H24ClN3O3. The molecule has 0 aliphatic carbocycles. The highest BCUT2D eigenvalue weighted by Crippen LogP contribution is 2.22. The largest absolute Gasteiger partial charge is 0.352 e. The summed E-state index contributed by atoms with van der Waals surface area (Å²) in [5.74, 6) is 1.06. The Hall–Kier alpha value is -1.66. The number of piperidine rings is 1. The Labute approximate surface area is 147 Å². The standard InChI is InChI=1S/C17H24ClN3O3/c1-12-8-13(2)11-20(10-12)7-3-6-19-17(22)15-9-14(21(23)24)4-5-16(15)18/h4-5,9,12-13H,3,6-8,10-11H2,1-2H3,(H,19,22)/t12-,13-/m1/s1. The number of nitro benzene ring substituents is 1. The molecule has 0 radical (unpaired) electrons. The van der Waals surface area contributed by atoms with Gasteiger partial charge in [0.1, 0.15) is 0 Å². The highest BCUT2D eigenvalue weighted by molar-refractivity contribution is 6.33. The van der Waals surface area contributed by atoms with E-state index in [1.807, 2.05) is 0 Å². The summed E-state index contributed by atoms with van der Waals surface area (Å²) in [4.78, 5) is 24.9. The van der Waals surface area contributed by atoms with Crippen LogP contribution in [-0.2, 0) is 0 Å². The van der Waals surface area contributed by atoms with E-state index in [1.54, 1.807) is 0 Å². The molecule has 2 atom stereocenters. The maximum Gasteiger partial charge on any atom is 0.270 e. The maximum absolute atomic E-state index is 12.2. The molecule has 1 fully saturated rings. The molecular weight excluding hydrogens is 330 g/mol. The molecule has 1 aliphatic heterocycles. The molecule has 7 heteroatoms. The molecule has 6 nitrogen and oxygen atoms in total. The van der Waals surface area contributed by atoms with Crippen LogP contribution >= 0.6 is 11.6 Å². The molecule has 1 N–H and O–H groups in total. The lowest BCUT2D eigenvalue weighted by atomic mass is 9.92. The SMILES string of the molecule is C[C@@H]1C[C@@H](C)CN(CCCNC(=O)c2cc([N+](=O)[O-])ccc2Cl)C1. The van der Waals surface area contributed by atoms with Crippen LogP contribution in [0, 0.1) is 22.0 Å². The van der Waals surface area contributed by atoms with Crippen LogP contribution in [0.25, 0.3) is 0 Å². The van der Waals surface area contributed by atoms with Gasteiger partial charge in [0.15, 0.2) is 0 Å². The van der Waals surface area contributed by atoms with Gasteiger partial charge in [0.2, 0.25) is 0 Å². The van der Waals surface area contributed by atoms with E-state index in [0.717, 1.165) is 26.1 Å². The molecule has 2 rings (SSSR count). The number of carbonyl (C=O) groups is 1. The van der Waals surface area contributed by atoms with Gasteiger partial charge in [0.05, 0.1) is 15.5 Å². The summed E-state index contributed by atoms with van der Waals surface area (Å²) in [6, 6.07) is 3.88. The average molecular weight is 354 g/mol. The molecule has 24 heavy (non-hydrogen) atoms. The number of halogens is 1. The minimum Gasteiger partial charge on any atom is -0.352 e. The number of amides is 1. The molecule has 0 aromatic heterocycles. The third-order valence-electron chi connectivity index (χ3n) is 4.29. The molecule has 1 saturated heterocycles. The first-order chi connectivity index (χ1) is 11.4. The normalized spacial score (nSPS) is 21.5. The third kappa shape index (κ3) is 5.18. The highest BCUT2D eigenvalue weighted by atomic mass is 35.5. The van der Waals surface area contributed by atoms with Crippen LogP contribution in [-0.4, -0.2) is 41.9 Å². The van der Waals surface area contributed by atoms with Crippen molar-refractivity contribution in [2.45, 2.75) is 26.7 Å². The van der Waals surface area contributed by atoms with Crippen LogP contribution < -0.4 is 5.32 Å². The summed E-state index contributed by atoms with van der Waals surface area (Å²) < 4.78 is 0. The van der Waals surface area contributed by atoms with Crippen LogP contribution in [0.15, 0.2) is 18.2 Å². The Bertz CT molecular complexity index is 599. The van der Waals surface area contributed by atoms with Crippen molar-refractivity contribution in [3.05, 3.63) is 38.9 Å². The van der Waals surface area contributed by atoms with Gasteiger partial charge in [-0.1, -0.05) is 25.4 Å². The number of benzene rings is 1. The summed E-state index contributed by atoms with van der Waals surface area (Å²) in [5, 5.41) is 13.8. The van der Waals surface area contributed by atoms with E-state index in [4.69, 9.17) is 11.6 Å². The van der Waals surface area contributed by atoms with Gasteiger partial charge in [0, 0.05) is 31.8 Å². The number of nitrogens with zero attached hydrogens (tertiary/aromatic N) is 2. The summed E-state index contributed by atoms with van der Waals surface area (Å²) in [6.45, 7) is 8.22. The molecule has 1 heterocycles. The van der Waals surface area contributed by atoms with Crippen LogP contribution in [0.1, 0.15) is 37.0 Å². The molecule has 132 valence electrons. The van der Waals surface area contributed by atoms with Crippen molar-refractivity contribution in [3.8, 4) is 0 Å². The Balaban J connectivity index is 1.81. The lowest BCUT2D eigenvalue weighted by Crippen LogP contribution is -2.40. The second kappa shape index (κ2) is 8.44. The molecule has 1 aromatic carbocycles. The molecule has 1 amide bonds. The number of non-ortho nitro benzene ring substituents is 1. The molecule has 0 bridgehead atoms. The molecule has 0 spiro atoms. The number of hydrogen-bond acceptors (Lipinski definition) is 4. The fourth-order valence-corrected chi connectivity index (χ4v) is 3.58. The zero-order valence-corrected chi connectivity index (χ0v) is 14.9. The van der Waals surface area contributed by atoms with Crippen molar-refractivity contribution in [2.75, 3.05) is 26.2 Å². The van der Waals surface area contributed by atoms with Gasteiger partial charge >= 0.3 is 0 Å². The van der Waals surface area contributed by atoms with Crippen LogP contribution in [0.3, 0.4) is 0 Å². The van der Waals surface area contributed by atoms with Gasteiger partial charge in [-0.15, -0.1) is 0 Å². The van der Waals surface area contributed by atoms with E-state index in [-0.39, 0.29) is 22.2 Å². The van der Waals surface area contributed by atoms with E-state index in [9.17, 15) is 14.9 Å². The molecule has 0 saturated carbocycles. The predicted molar refractivity (Wildman–Crippen MR) is 94.4 cm³/mol. The van der Waals surface area contributed by atoms with E-state index in [1.165, 1.54) is 24.6 Å². The lowest BCUT2D eigenvalue weighted by molar-refractivity contribution is -0.384. The molecule has 0 unspecified atom stereocenters. The van der Waals surface area contributed by atoms with Crippen LogP contribution in [0.2, 0.25) is 5.02 Å². The number of nitro groups is 1. The minimum absolute atomic E-state index is 0.138. The van der Waals surface area contributed by atoms with Crippen molar-refractivity contribution >= 4 is 23.2 Å². The summed E-state index contributed by atoms with van der Waals surface area (Å²) in [5.41, 5.74) is 0.00641. The second-order valence-corrected chi connectivity index (χ2v) is 7.14. The topological polar surface area (TPSA) is 75.5 Å². The Kier molecular flexibility index (Phi) is 6.57.